The molecule has 6 nitrogen and oxygen atoms in total. The van der Waals surface area contributed by atoms with Gasteiger partial charge in [-0.15, -0.1) is 0 Å². The first-order valence-corrected chi connectivity index (χ1v) is 6.57. The summed E-state index contributed by atoms with van der Waals surface area (Å²) in [4.78, 5) is 4.28. The third-order valence-electron chi connectivity index (χ3n) is 2.88. The molecule has 0 aliphatic heterocycles. The maximum atomic E-state index is 5.79. The standard InChI is InChI=1S/C14H19N3O3/c1-3-6-12(18-2)14-16-13(20-17-14)9-19-11-8-5-4-7-10(11)15/h4-5,7-8,12H,3,6,9,15H2,1-2H3. The number of rotatable bonds is 7. The Hall–Kier alpha value is -2.08. The van der Waals surface area contributed by atoms with Crippen LogP contribution in [0.1, 0.15) is 37.6 Å². The van der Waals surface area contributed by atoms with Gasteiger partial charge in [0.25, 0.3) is 5.89 Å². The Morgan fingerprint density at radius 2 is 2.15 bits per heavy atom. The van der Waals surface area contributed by atoms with E-state index in [2.05, 4.69) is 17.1 Å². The molecule has 0 saturated heterocycles. The van der Waals surface area contributed by atoms with Gasteiger partial charge in [0, 0.05) is 7.11 Å². The summed E-state index contributed by atoms with van der Waals surface area (Å²) >= 11 is 0. The second-order valence-electron chi connectivity index (χ2n) is 4.39. The van der Waals surface area contributed by atoms with Crippen molar-refractivity contribution in [3.63, 3.8) is 0 Å². The Bertz CT molecular complexity index is 542. The molecule has 1 aromatic heterocycles. The van der Waals surface area contributed by atoms with Gasteiger partial charge >= 0.3 is 0 Å². The molecular weight excluding hydrogens is 258 g/mol. The highest BCUT2D eigenvalue weighted by Gasteiger charge is 2.17. The molecule has 108 valence electrons. The van der Waals surface area contributed by atoms with Crippen molar-refractivity contribution >= 4 is 5.69 Å². The van der Waals surface area contributed by atoms with Crippen LogP contribution >= 0.6 is 0 Å². The second-order valence-corrected chi connectivity index (χ2v) is 4.39. The van der Waals surface area contributed by atoms with Crippen molar-refractivity contribution in [1.82, 2.24) is 10.1 Å². The van der Waals surface area contributed by atoms with Gasteiger partial charge in [0.1, 0.15) is 11.9 Å². The summed E-state index contributed by atoms with van der Waals surface area (Å²) < 4.78 is 16.0. The second kappa shape index (κ2) is 6.91. The van der Waals surface area contributed by atoms with Crippen LogP contribution in [0.3, 0.4) is 0 Å². The largest absolute Gasteiger partial charge is 0.482 e. The minimum Gasteiger partial charge on any atom is -0.482 e. The van der Waals surface area contributed by atoms with E-state index in [1.165, 1.54) is 0 Å². The molecule has 0 spiro atoms. The number of ether oxygens (including phenoxy) is 2. The predicted molar refractivity (Wildman–Crippen MR) is 74.1 cm³/mol. The first-order valence-electron chi connectivity index (χ1n) is 6.57. The molecule has 1 unspecified atom stereocenters. The van der Waals surface area contributed by atoms with Crippen molar-refractivity contribution in [2.24, 2.45) is 0 Å². The lowest BCUT2D eigenvalue weighted by Crippen LogP contribution is -2.04. The number of nitrogen functional groups attached to an aromatic ring is 1. The Kier molecular flexibility index (Phi) is 4.95. The molecule has 2 rings (SSSR count). The number of nitrogens with zero attached hydrogens (tertiary/aromatic N) is 2. The van der Waals surface area contributed by atoms with E-state index in [9.17, 15) is 0 Å². The zero-order chi connectivity index (χ0) is 14.4. The number of hydrogen-bond acceptors (Lipinski definition) is 6. The van der Waals surface area contributed by atoms with E-state index in [1.54, 1.807) is 19.2 Å². The SMILES string of the molecule is CCCC(OC)c1noc(COc2ccccc2N)n1. The monoisotopic (exact) mass is 277 g/mol. The van der Waals surface area contributed by atoms with Gasteiger partial charge in [-0.1, -0.05) is 30.6 Å². The molecule has 0 amide bonds. The highest BCUT2D eigenvalue weighted by Crippen LogP contribution is 2.22. The zero-order valence-electron chi connectivity index (χ0n) is 11.7. The molecule has 1 aromatic carbocycles. The van der Waals surface area contributed by atoms with Gasteiger partial charge in [0.15, 0.2) is 6.61 Å². The number of benzene rings is 1. The Morgan fingerprint density at radius 3 is 2.85 bits per heavy atom. The van der Waals surface area contributed by atoms with Gasteiger partial charge < -0.3 is 19.7 Å². The summed E-state index contributed by atoms with van der Waals surface area (Å²) in [5, 5.41) is 3.92. The van der Waals surface area contributed by atoms with E-state index in [0.717, 1.165) is 12.8 Å². The average Bonchev–Trinajstić information content (AvgIpc) is 2.92. The maximum Gasteiger partial charge on any atom is 0.264 e. The number of aromatic nitrogens is 2. The minimum atomic E-state index is -0.140. The molecule has 0 fully saturated rings. The summed E-state index contributed by atoms with van der Waals surface area (Å²) in [7, 11) is 1.64. The van der Waals surface area contributed by atoms with E-state index in [-0.39, 0.29) is 12.7 Å². The highest BCUT2D eigenvalue weighted by molar-refractivity contribution is 5.51. The van der Waals surface area contributed by atoms with Gasteiger partial charge in [0.05, 0.1) is 5.69 Å². The fourth-order valence-corrected chi connectivity index (χ4v) is 1.82. The van der Waals surface area contributed by atoms with Gasteiger partial charge in [0.2, 0.25) is 5.82 Å². The molecule has 0 saturated carbocycles. The van der Waals surface area contributed by atoms with E-state index in [0.29, 0.717) is 23.2 Å². The number of methoxy groups -OCH3 is 1. The Morgan fingerprint density at radius 1 is 1.35 bits per heavy atom. The summed E-state index contributed by atoms with van der Waals surface area (Å²) in [6.07, 6.45) is 1.70. The fourth-order valence-electron chi connectivity index (χ4n) is 1.82. The summed E-state index contributed by atoms with van der Waals surface area (Å²) in [6.45, 7) is 2.26. The molecule has 0 bridgehead atoms. The van der Waals surface area contributed by atoms with E-state index < -0.39 is 0 Å². The van der Waals surface area contributed by atoms with Crippen LogP contribution in [0.5, 0.6) is 5.75 Å². The van der Waals surface area contributed by atoms with E-state index in [1.807, 2.05) is 12.1 Å². The van der Waals surface area contributed by atoms with Crippen molar-refractivity contribution < 1.29 is 14.0 Å². The smallest absolute Gasteiger partial charge is 0.264 e. The number of hydrogen-bond donors (Lipinski definition) is 1. The molecule has 6 heteroatoms. The Labute approximate surface area is 117 Å². The summed E-state index contributed by atoms with van der Waals surface area (Å²) in [5.41, 5.74) is 6.36. The van der Waals surface area contributed by atoms with Crippen LogP contribution in [0.2, 0.25) is 0 Å². The molecule has 0 aliphatic carbocycles. The van der Waals surface area contributed by atoms with Crippen LogP contribution in [0.4, 0.5) is 5.69 Å². The van der Waals surface area contributed by atoms with Crippen LogP contribution in [0.25, 0.3) is 0 Å². The molecule has 2 aromatic rings. The normalized spacial score (nSPS) is 12.3. The van der Waals surface area contributed by atoms with Crippen LogP contribution < -0.4 is 10.5 Å². The third-order valence-corrected chi connectivity index (χ3v) is 2.88. The quantitative estimate of drug-likeness (QED) is 0.783. The van der Waals surface area contributed by atoms with Crippen molar-refractivity contribution in [2.45, 2.75) is 32.5 Å². The Balaban J connectivity index is 1.98. The maximum absolute atomic E-state index is 5.79. The van der Waals surface area contributed by atoms with Crippen LogP contribution in [-0.4, -0.2) is 17.3 Å². The van der Waals surface area contributed by atoms with Crippen LogP contribution in [0, 0.1) is 0 Å². The summed E-state index contributed by atoms with van der Waals surface area (Å²) in [6, 6.07) is 7.27. The average molecular weight is 277 g/mol. The number of nitrogens with two attached hydrogens (primary N) is 1. The van der Waals surface area contributed by atoms with Gasteiger partial charge in [-0.3, -0.25) is 0 Å². The lowest BCUT2D eigenvalue weighted by Gasteiger charge is -2.08. The van der Waals surface area contributed by atoms with E-state index in [4.69, 9.17) is 19.7 Å². The predicted octanol–water partition coefficient (Wildman–Crippen LogP) is 2.72. The van der Waals surface area contributed by atoms with Crippen molar-refractivity contribution in [2.75, 3.05) is 12.8 Å². The van der Waals surface area contributed by atoms with Crippen LogP contribution in [0.15, 0.2) is 28.8 Å². The first kappa shape index (κ1) is 14.3. The zero-order valence-corrected chi connectivity index (χ0v) is 11.7. The fraction of sp³-hybridized carbons (Fsp3) is 0.429. The van der Waals surface area contributed by atoms with E-state index >= 15 is 0 Å². The molecule has 1 heterocycles. The number of anilines is 1. The van der Waals surface area contributed by atoms with Crippen LogP contribution in [-0.2, 0) is 11.3 Å². The van der Waals surface area contributed by atoms with Gasteiger partial charge in [-0.25, -0.2) is 0 Å². The topological polar surface area (TPSA) is 83.4 Å². The molecule has 0 radical (unpaired) electrons. The molecule has 20 heavy (non-hydrogen) atoms. The van der Waals surface area contributed by atoms with Crippen molar-refractivity contribution in [3.8, 4) is 5.75 Å². The third kappa shape index (κ3) is 3.48. The molecule has 2 N–H and O–H groups in total. The van der Waals surface area contributed by atoms with Gasteiger partial charge in [-0.05, 0) is 18.6 Å². The molecular formula is C14H19N3O3. The van der Waals surface area contributed by atoms with Crippen molar-refractivity contribution in [3.05, 3.63) is 36.0 Å². The summed E-state index contributed by atoms with van der Waals surface area (Å²) in [5.74, 6) is 1.56. The lowest BCUT2D eigenvalue weighted by molar-refractivity contribution is 0.0854. The van der Waals surface area contributed by atoms with Crippen molar-refractivity contribution in [1.29, 1.82) is 0 Å². The first-order chi connectivity index (χ1) is 9.74. The number of para-hydroxylation sites is 2. The highest BCUT2D eigenvalue weighted by atomic mass is 16.5. The lowest BCUT2D eigenvalue weighted by atomic mass is 10.2. The molecule has 0 aliphatic rings. The van der Waals surface area contributed by atoms with Gasteiger partial charge in [-0.2, -0.15) is 4.98 Å². The minimum absolute atomic E-state index is 0.140. The molecule has 1 atom stereocenters.